The number of anilines is 1. The van der Waals surface area contributed by atoms with Crippen LogP contribution in [0.3, 0.4) is 0 Å². The lowest BCUT2D eigenvalue weighted by atomic mass is 10.0. The van der Waals surface area contributed by atoms with Crippen molar-refractivity contribution in [1.82, 2.24) is 14.8 Å². The van der Waals surface area contributed by atoms with Crippen LogP contribution in [0, 0.1) is 11.6 Å². The van der Waals surface area contributed by atoms with E-state index in [2.05, 4.69) is 29.4 Å². The molecule has 186 valence electrons. The van der Waals surface area contributed by atoms with Crippen molar-refractivity contribution in [2.24, 2.45) is 0 Å². The van der Waals surface area contributed by atoms with E-state index in [0.29, 0.717) is 22.6 Å². The Morgan fingerprint density at radius 1 is 1.00 bits per heavy atom. The van der Waals surface area contributed by atoms with E-state index in [1.54, 1.807) is 0 Å². The molecule has 0 saturated heterocycles. The Hall–Kier alpha value is -3.72. The zero-order valence-corrected chi connectivity index (χ0v) is 20.9. The average molecular weight is 509 g/mol. The van der Waals surface area contributed by atoms with Crippen LogP contribution in [0.1, 0.15) is 44.2 Å². The normalized spacial score (nSPS) is 11.9. The SMILES string of the molecule is CC(C)c1ccc(OC(C)c2nnc(SCC(=O)Nc3ccc(F)cc3F)n2-c2ccccc2)cc1. The number of thioether (sulfide) groups is 1. The Bertz CT molecular complexity index is 1330. The zero-order chi connectivity index (χ0) is 25.7. The highest BCUT2D eigenvalue weighted by Crippen LogP contribution is 2.29. The van der Waals surface area contributed by atoms with Gasteiger partial charge in [0, 0.05) is 11.8 Å². The number of nitrogens with one attached hydrogen (secondary N) is 1. The van der Waals surface area contributed by atoms with Gasteiger partial charge in [-0.25, -0.2) is 8.78 Å². The molecule has 0 saturated carbocycles. The van der Waals surface area contributed by atoms with Crippen LogP contribution in [0.4, 0.5) is 14.5 Å². The van der Waals surface area contributed by atoms with Gasteiger partial charge in [0.05, 0.1) is 11.4 Å². The molecule has 1 amide bonds. The number of aromatic nitrogens is 3. The molecule has 1 unspecified atom stereocenters. The summed E-state index contributed by atoms with van der Waals surface area (Å²) in [7, 11) is 0. The largest absolute Gasteiger partial charge is 0.483 e. The van der Waals surface area contributed by atoms with Crippen molar-refractivity contribution in [3.63, 3.8) is 0 Å². The van der Waals surface area contributed by atoms with E-state index in [1.807, 2.05) is 66.1 Å². The van der Waals surface area contributed by atoms with Crippen LogP contribution in [-0.2, 0) is 4.79 Å². The Kier molecular flexibility index (Phi) is 8.00. The Balaban J connectivity index is 1.52. The molecule has 6 nitrogen and oxygen atoms in total. The van der Waals surface area contributed by atoms with Gasteiger partial charge in [-0.1, -0.05) is 55.9 Å². The molecule has 0 bridgehead atoms. The third kappa shape index (κ3) is 6.09. The van der Waals surface area contributed by atoms with E-state index >= 15 is 0 Å². The number of hydrogen-bond acceptors (Lipinski definition) is 5. The van der Waals surface area contributed by atoms with E-state index in [1.165, 1.54) is 11.6 Å². The topological polar surface area (TPSA) is 69.0 Å². The van der Waals surface area contributed by atoms with Crippen LogP contribution in [0.2, 0.25) is 0 Å². The number of carbonyl (C=O) groups excluding carboxylic acids is 1. The first kappa shape index (κ1) is 25.4. The molecule has 1 N–H and O–H groups in total. The van der Waals surface area contributed by atoms with E-state index in [4.69, 9.17) is 4.74 Å². The second kappa shape index (κ2) is 11.3. The van der Waals surface area contributed by atoms with Gasteiger partial charge in [0.1, 0.15) is 17.4 Å². The van der Waals surface area contributed by atoms with Gasteiger partial charge in [-0.3, -0.25) is 9.36 Å². The Morgan fingerprint density at radius 3 is 2.39 bits per heavy atom. The minimum atomic E-state index is -0.838. The molecule has 0 radical (unpaired) electrons. The van der Waals surface area contributed by atoms with E-state index in [9.17, 15) is 13.6 Å². The van der Waals surface area contributed by atoms with Gasteiger partial charge in [0.15, 0.2) is 17.1 Å². The summed E-state index contributed by atoms with van der Waals surface area (Å²) in [5.74, 6) is -0.344. The summed E-state index contributed by atoms with van der Waals surface area (Å²) in [6.07, 6.45) is -0.431. The number of carbonyl (C=O) groups is 1. The number of benzene rings is 3. The molecule has 4 rings (SSSR count). The van der Waals surface area contributed by atoms with Gasteiger partial charge in [0.2, 0.25) is 5.91 Å². The summed E-state index contributed by atoms with van der Waals surface area (Å²) in [5.41, 5.74) is 1.95. The molecule has 0 fully saturated rings. The first-order valence-electron chi connectivity index (χ1n) is 11.5. The molecular weight excluding hydrogens is 482 g/mol. The fraction of sp³-hybridized carbons (Fsp3) is 0.222. The van der Waals surface area contributed by atoms with E-state index in [0.717, 1.165) is 29.6 Å². The van der Waals surface area contributed by atoms with Gasteiger partial charge in [-0.2, -0.15) is 0 Å². The highest BCUT2D eigenvalue weighted by molar-refractivity contribution is 7.99. The molecule has 0 aliphatic heterocycles. The lowest BCUT2D eigenvalue weighted by molar-refractivity contribution is -0.113. The number of amides is 1. The maximum Gasteiger partial charge on any atom is 0.234 e. The summed E-state index contributed by atoms with van der Waals surface area (Å²) in [6.45, 7) is 6.16. The standard InChI is InChI=1S/C27H26F2N4O2S/c1-17(2)19-9-12-22(13-10-19)35-18(3)26-31-32-27(33(26)21-7-5-4-6-8-21)36-16-25(34)30-24-14-11-20(28)15-23(24)29/h4-15,17-18H,16H2,1-3H3,(H,30,34). The highest BCUT2D eigenvalue weighted by Gasteiger charge is 2.22. The van der Waals surface area contributed by atoms with Crippen molar-refractivity contribution >= 4 is 23.4 Å². The van der Waals surface area contributed by atoms with E-state index < -0.39 is 23.6 Å². The molecule has 36 heavy (non-hydrogen) atoms. The molecule has 0 aliphatic carbocycles. The summed E-state index contributed by atoms with van der Waals surface area (Å²) in [6, 6.07) is 20.5. The Morgan fingerprint density at radius 2 is 1.72 bits per heavy atom. The first-order valence-corrected chi connectivity index (χ1v) is 12.5. The number of ether oxygens (including phenoxy) is 1. The van der Waals surface area contributed by atoms with Crippen LogP contribution in [0.15, 0.2) is 78.0 Å². The number of rotatable bonds is 9. The monoisotopic (exact) mass is 508 g/mol. The van der Waals surface area contributed by atoms with Crippen molar-refractivity contribution in [2.75, 3.05) is 11.1 Å². The minimum Gasteiger partial charge on any atom is -0.483 e. The molecule has 9 heteroatoms. The summed E-state index contributed by atoms with van der Waals surface area (Å²) in [5, 5.41) is 11.6. The molecule has 0 spiro atoms. The smallest absolute Gasteiger partial charge is 0.234 e. The Labute approximate surface area is 212 Å². The van der Waals surface area contributed by atoms with Gasteiger partial charge < -0.3 is 10.1 Å². The van der Waals surface area contributed by atoms with Gasteiger partial charge >= 0.3 is 0 Å². The van der Waals surface area contributed by atoms with Crippen LogP contribution < -0.4 is 10.1 Å². The molecule has 1 heterocycles. The average Bonchev–Trinajstić information content (AvgIpc) is 3.29. The summed E-state index contributed by atoms with van der Waals surface area (Å²) < 4.78 is 35.0. The number of para-hydroxylation sites is 1. The van der Waals surface area contributed by atoms with Crippen molar-refractivity contribution in [2.45, 2.75) is 37.9 Å². The van der Waals surface area contributed by atoms with Crippen molar-refractivity contribution < 1.29 is 18.3 Å². The molecule has 0 aliphatic rings. The minimum absolute atomic E-state index is 0.0479. The quantitative estimate of drug-likeness (QED) is 0.260. The second-order valence-electron chi connectivity index (χ2n) is 8.46. The fourth-order valence-corrected chi connectivity index (χ4v) is 4.31. The van der Waals surface area contributed by atoms with E-state index in [-0.39, 0.29) is 11.4 Å². The van der Waals surface area contributed by atoms with Gasteiger partial charge in [0.25, 0.3) is 0 Å². The summed E-state index contributed by atoms with van der Waals surface area (Å²) in [4.78, 5) is 12.5. The van der Waals surface area contributed by atoms with Crippen molar-refractivity contribution in [3.8, 4) is 11.4 Å². The second-order valence-corrected chi connectivity index (χ2v) is 9.40. The highest BCUT2D eigenvalue weighted by atomic mass is 32.2. The molecule has 1 atom stereocenters. The van der Waals surface area contributed by atoms with Crippen molar-refractivity contribution in [1.29, 1.82) is 0 Å². The van der Waals surface area contributed by atoms with Crippen LogP contribution in [-0.4, -0.2) is 26.4 Å². The van der Waals surface area contributed by atoms with Crippen LogP contribution in [0.5, 0.6) is 5.75 Å². The summed E-state index contributed by atoms with van der Waals surface area (Å²) >= 11 is 1.15. The third-order valence-electron chi connectivity index (χ3n) is 5.43. The molecular formula is C27H26F2N4O2S. The fourth-order valence-electron chi connectivity index (χ4n) is 3.55. The predicted molar refractivity (Wildman–Crippen MR) is 137 cm³/mol. The maximum absolute atomic E-state index is 13.9. The maximum atomic E-state index is 13.9. The zero-order valence-electron chi connectivity index (χ0n) is 20.1. The van der Waals surface area contributed by atoms with Crippen LogP contribution in [0.25, 0.3) is 5.69 Å². The van der Waals surface area contributed by atoms with Crippen LogP contribution >= 0.6 is 11.8 Å². The van der Waals surface area contributed by atoms with Gasteiger partial charge in [-0.15, -0.1) is 10.2 Å². The lowest BCUT2D eigenvalue weighted by Gasteiger charge is -2.17. The molecule has 1 aromatic heterocycles. The van der Waals surface area contributed by atoms with Crippen molar-refractivity contribution in [3.05, 3.63) is 95.8 Å². The van der Waals surface area contributed by atoms with Gasteiger partial charge in [-0.05, 0) is 54.8 Å². The number of nitrogens with zero attached hydrogens (tertiary/aromatic N) is 3. The number of halogens is 2. The lowest BCUT2D eigenvalue weighted by Crippen LogP contribution is -2.16. The molecule has 4 aromatic rings. The third-order valence-corrected chi connectivity index (χ3v) is 6.36. The predicted octanol–water partition coefficient (Wildman–Crippen LogP) is 6.54. The first-order chi connectivity index (χ1) is 17.3. The molecule has 3 aromatic carbocycles. The number of hydrogen-bond donors (Lipinski definition) is 1.